The lowest BCUT2D eigenvalue weighted by molar-refractivity contribution is 0.0527. The molecule has 0 bridgehead atoms. The minimum absolute atomic E-state index is 0.267. The molecule has 1 N–H and O–H groups in total. The second-order valence-corrected chi connectivity index (χ2v) is 4.76. The fourth-order valence-corrected chi connectivity index (χ4v) is 2.17. The Morgan fingerprint density at radius 1 is 1.22 bits per heavy atom. The number of para-hydroxylation sites is 1. The van der Waals surface area contributed by atoms with E-state index in [-0.39, 0.29) is 12.5 Å². The van der Waals surface area contributed by atoms with Gasteiger partial charge in [0.1, 0.15) is 5.52 Å². The highest BCUT2D eigenvalue weighted by Gasteiger charge is 2.15. The van der Waals surface area contributed by atoms with E-state index in [0.29, 0.717) is 27.9 Å². The number of carbonyl (C=O) groups is 2. The summed E-state index contributed by atoms with van der Waals surface area (Å²) in [6, 6.07) is 11.6. The van der Waals surface area contributed by atoms with Gasteiger partial charge in [-0.15, -0.1) is 0 Å². The number of aromatic nitrogens is 1. The topological polar surface area (TPSA) is 81.4 Å². The molecule has 0 aliphatic carbocycles. The molecule has 0 spiro atoms. The van der Waals surface area contributed by atoms with Gasteiger partial charge in [-0.25, -0.2) is 9.78 Å². The van der Waals surface area contributed by atoms with E-state index in [4.69, 9.17) is 9.15 Å². The van der Waals surface area contributed by atoms with Crippen molar-refractivity contribution in [3.05, 3.63) is 60.0 Å². The summed E-state index contributed by atoms with van der Waals surface area (Å²) in [4.78, 5) is 28.3. The minimum Gasteiger partial charge on any atom is -0.462 e. The summed E-state index contributed by atoms with van der Waals surface area (Å²) in [5.41, 5.74) is 2.31. The Hall–Kier alpha value is -3.15. The summed E-state index contributed by atoms with van der Waals surface area (Å²) in [6.07, 6.45) is 1.32. The molecule has 1 heterocycles. The predicted octanol–water partition coefficient (Wildman–Crippen LogP) is 3.26. The maximum absolute atomic E-state index is 12.4. The highest BCUT2D eigenvalue weighted by molar-refractivity contribution is 6.08. The van der Waals surface area contributed by atoms with Crippen LogP contribution in [0.4, 0.5) is 5.69 Å². The molecule has 0 unspecified atom stereocenters. The van der Waals surface area contributed by atoms with Crippen molar-refractivity contribution in [3.63, 3.8) is 0 Å². The third-order valence-corrected chi connectivity index (χ3v) is 3.26. The number of ether oxygens (including phenoxy) is 1. The summed E-state index contributed by atoms with van der Waals surface area (Å²) >= 11 is 0. The summed E-state index contributed by atoms with van der Waals surface area (Å²) in [6.45, 7) is 2.00. The smallest absolute Gasteiger partial charge is 0.340 e. The molecule has 0 saturated carbocycles. The summed E-state index contributed by atoms with van der Waals surface area (Å²) < 4.78 is 10.2. The van der Waals surface area contributed by atoms with Crippen molar-refractivity contribution in [2.45, 2.75) is 6.92 Å². The van der Waals surface area contributed by atoms with Crippen LogP contribution in [-0.4, -0.2) is 23.5 Å². The monoisotopic (exact) mass is 310 g/mol. The lowest BCUT2D eigenvalue weighted by Crippen LogP contribution is -2.15. The fraction of sp³-hybridized carbons (Fsp3) is 0.118. The van der Waals surface area contributed by atoms with E-state index >= 15 is 0 Å². The first-order chi connectivity index (χ1) is 11.2. The van der Waals surface area contributed by atoms with Crippen LogP contribution in [0.1, 0.15) is 27.6 Å². The van der Waals surface area contributed by atoms with Gasteiger partial charge >= 0.3 is 5.97 Å². The highest BCUT2D eigenvalue weighted by atomic mass is 16.5. The number of nitrogens with zero attached hydrogens (tertiary/aromatic N) is 1. The van der Waals surface area contributed by atoms with Crippen molar-refractivity contribution in [1.82, 2.24) is 4.98 Å². The van der Waals surface area contributed by atoms with E-state index in [1.807, 2.05) is 0 Å². The molecule has 3 aromatic rings. The van der Waals surface area contributed by atoms with Crippen LogP contribution >= 0.6 is 0 Å². The normalized spacial score (nSPS) is 10.5. The highest BCUT2D eigenvalue weighted by Crippen LogP contribution is 2.19. The fourth-order valence-electron chi connectivity index (χ4n) is 2.17. The number of esters is 1. The zero-order chi connectivity index (χ0) is 16.2. The molecular weight excluding hydrogens is 296 g/mol. The summed E-state index contributed by atoms with van der Waals surface area (Å²) in [5, 5.41) is 2.72. The molecular formula is C17H14N2O4. The lowest BCUT2D eigenvalue weighted by Gasteiger charge is -2.10. The minimum atomic E-state index is -0.478. The zero-order valence-electron chi connectivity index (χ0n) is 12.4. The number of anilines is 1. The van der Waals surface area contributed by atoms with Gasteiger partial charge in [-0.1, -0.05) is 12.1 Å². The van der Waals surface area contributed by atoms with Gasteiger partial charge < -0.3 is 14.5 Å². The molecule has 6 heteroatoms. The molecule has 1 amide bonds. The molecule has 0 atom stereocenters. The van der Waals surface area contributed by atoms with Crippen LogP contribution in [-0.2, 0) is 4.74 Å². The van der Waals surface area contributed by atoms with Crippen molar-refractivity contribution >= 4 is 28.7 Å². The largest absolute Gasteiger partial charge is 0.462 e. The van der Waals surface area contributed by atoms with E-state index in [1.54, 1.807) is 49.4 Å². The molecule has 0 fully saturated rings. The number of rotatable bonds is 4. The van der Waals surface area contributed by atoms with Crippen molar-refractivity contribution in [2.24, 2.45) is 0 Å². The number of benzene rings is 2. The van der Waals surface area contributed by atoms with E-state index in [9.17, 15) is 9.59 Å². The number of nitrogens with one attached hydrogen (secondary N) is 1. The molecule has 23 heavy (non-hydrogen) atoms. The van der Waals surface area contributed by atoms with Crippen LogP contribution in [0.25, 0.3) is 11.1 Å². The van der Waals surface area contributed by atoms with Gasteiger partial charge in [-0.2, -0.15) is 0 Å². The molecule has 6 nitrogen and oxygen atoms in total. The second kappa shape index (κ2) is 6.31. The quantitative estimate of drug-likeness (QED) is 0.748. The summed E-state index contributed by atoms with van der Waals surface area (Å²) in [5.74, 6) is -0.825. The molecule has 0 saturated heterocycles. The number of carbonyl (C=O) groups excluding carboxylic acids is 2. The zero-order valence-corrected chi connectivity index (χ0v) is 12.4. The Labute approximate surface area is 132 Å². The second-order valence-electron chi connectivity index (χ2n) is 4.76. The van der Waals surface area contributed by atoms with Crippen molar-refractivity contribution in [3.8, 4) is 0 Å². The first kappa shape index (κ1) is 14.8. The molecule has 1 aromatic heterocycles. The Kier molecular flexibility index (Phi) is 4.05. The van der Waals surface area contributed by atoms with Crippen molar-refractivity contribution < 1.29 is 18.7 Å². The molecule has 0 aliphatic heterocycles. The van der Waals surface area contributed by atoms with Crippen LogP contribution in [0.2, 0.25) is 0 Å². The van der Waals surface area contributed by atoms with E-state index in [2.05, 4.69) is 10.3 Å². The Morgan fingerprint density at radius 2 is 2.04 bits per heavy atom. The Balaban J connectivity index is 1.86. The standard InChI is InChI=1S/C17H14N2O4/c1-2-22-17(21)12-5-3-4-6-13(12)19-16(20)11-7-8-14-15(9-11)23-10-18-14/h3-10H,2H2,1H3,(H,19,20). The molecule has 2 aromatic carbocycles. The van der Waals surface area contributed by atoms with E-state index < -0.39 is 5.97 Å². The summed E-state index contributed by atoms with van der Waals surface area (Å²) in [7, 11) is 0. The van der Waals surface area contributed by atoms with E-state index in [0.717, 1.165) is 0 Å². The third-order valence-electron chi connectivity index (χ3n) is 3.26. The van der Waals surface area contributed by atoms with Gasteiger partial charge in [0.05, 0.1) is 17.9 Å². The Morgan fingerprint density at radius 3 is 2.87 bits per heavy atom. The van der Waals surface area contributed by atoms with Crippen LogP contribution in [0, 0.1) is 0 Å². The van der Waals surface area contributed by atoms with Crippen molar-refractivity contribution in [1.29, 1.82) is 0 Å². The Bertz CT molecular complexity index is 870. The third kappa shape index (κ3) is 3.06. The maximum Gasteiger partial charge on any atom is 0.340 e. The van der Waals surface area contributed by atoms with Crippen LogP contribution in [0.3, 0.4) is 0 Å². The van der Waals surface area contributed by atoms with Gasteiger partial charge in [0.25, 0.3) is 5.91 Å². The molecule has 116 valence electrons. The number of fused-ring (bicyclic) bond motifs is 1. The van der Waals surface area contributed by atoms with Gasteiger partial charge in [-0.3, -0.25) is 4.79 Å². The van der Waals surface area contributed by atoms with Crippen molar-refractivity contribution in [2.75, 3.05) is 11.9 Å². The SMILES string of the molecule is CCOC(=O)c1ccccc1NC(=O)c1ccc2ncoc2c1. The maximum atomic E-state index is 12.4. The first-order valence-electron chi connectivity index (χ1n) is 7.10. The average Bonchev–Trinajstić information content (AvgIpc) is 3.03. The van der Waals surface area contributed by atoms with Gasteiger partial charge in [0, 0.05) is 5.56 Å². The molecule has 3 rings (SSSR count). The van der Waals surface area contributed by atoms with Crippen LogP contribution in [0.5, 0.6) is 0 Å². The molecule has 0 aliphatic rings. The number of hydrogen-bond donors (Lipinski definition) is 1. The van der Waals surface area contributed by atoms with Crippen LogP contribution < -0.4 is 5.32 Å². The molecule has 0 radical (unpaired) electrons. The van der Waals surface area contributed by atoms with Gasteiger partial charge in [0.2, 0.25) is 0 Å². The number of amides is 1. The van der Waals surface area contributed by atoms with Gasteiger partial charge in [0.15, 0.2) is 12.0 Å². The predicted molar refractivity (Wildman–Crippen MR) is 84.4 cm³/mol. The first-order valence-corrected chi connectivity index (χ1v) is 7.10. The number of oxazole rings is 1. The van der Waals surface area contributed by atoms with Crippen LogP contribution in [0.15, 0.2) is 53.3 Å². The lowest BCUT2D eigenvalue weighted by atomic mass is 10.1. The van der Waals surface area contributed by atoms with E-state index in [1.165, 1.54) is 6.39 Å². The number of hydrogen-bond acceptors (Lipinski definition) is 5. The van der Waals surface area contributed by atoms with Gasteiger partial charge in [-0.05, 0) is 37.3 Å². The average molecular weight is 310 g/mol.